The fourth-order valence-electron chi connectivity index (χ4n) is 2.46. The SMILES string of the molecule is Clc1oc2cc(C3CCNCC3)ccc2c1Cl. The Hall–Kier alpha value is -0.700. The Labute approximate surface area is 110 Å². The average Bonchev–Trinajstić information content (AvgIpc) is 2.66. The summed E-state index contributed by atoms with van der Waals surface area (Å²) in [5, 5.41) is 5.06. The predicted molar refractivity (Wildman–Crippen MR) is 71.1 cm³/mol. The van der Waals surface area contributed by atoms with Crippen LogP contribution in [0.5, 0.6) is 0 Å². The van der Waals surface area contributed by atoms with E-state index >= 15 is 0 Å². The van der Waals surface area contributed by atoms with Gasteiger partial charge in [0.1, 0.15) is 10.6 Å². The molecule has 4 heteroatoms. The molecule has 1 aliphatic rings. The molecule has 1 aromatic carbocycles. The minimum absolute atomic E-state index is 0.282. The molecule has 2 nitrogen and oxygen atoms in total. The molecule has 0 aliphatic carbocycles. The highest BCUT2D eigenvalue weighted by Crippen LogP contribution is 2.36. The molecule has 90 valence electrons. The van der Waals surface area contributed by atoms with Crippen LogP contribution in [-0.2, 0) is 0 Å². The van der Waals surface area contributed by atoms with Crippen molar-refractivity contribution < 1.29 is 4.42 Å². The summed E-state index contributed by atoms with van der Waals surface area (Å²) in [4.78, 5) is 0. The van der Waals surface area contributed by atoms with Crippen molar-refractivity contribution in [3.63, 3.8) is 0 Å². The zero-order valence-electron chi connectivity index (χ0n) is 9.30. The van der Waals surface area contributed by atoms with Crippen LogP contribution in [0, 0.1) is 0 Å². The van der Waals surface area contributed by atoms with E-state index in [9.17, 15) is 0 Å². The van der Waals surface area contributed by atoms with Gasteiger partial charge in [0.2, 0.25) is 5.22 Å². The molecular formula is C13H13Cl2NO. The van der Waals surface area contributed by atoms with Gasteiger partial charge in [-0.2, -0.15) is 0 Å². The summed E-state index contributed by atoms with van der Waals surface area (Å²) in [5.74, 6) is 0.614. The van der Waals surface area contributed by atoms with Crippen molar-refractivity contribution in [3.8, 4) is 0 Å². The fourth-order valence-corrected chi connectivity index (χ4v) is 2.84. The van der Waals surface area contributed by atoms with Crippen molar-refractivity contribution in [2.75, 3.05) is 13.1 Å². The highest BCUT2D eigenvalue weighted by Gasteiger charge is 2.17. The van der Waals surface area contributed by atoms with Gasteiger partial charge in [0, 0.05) is 5.39 Å². The van der Waals surface area contributed by atoms with Crippen LogP contribution in [0.1, 0.15) is 24.3 Å². The maximum Gasteiger partial charge on any atom is 0.213 e. The van der Waals surface area contributed by atoms with Crippen LogP contribution in [0.3, 0.4) is 0 Å². The van der Waals surface area contributed by atoms with E-state index < -0.39 is 0 Å². The third kappa shape index (κ3) is 2.05. The summed E-state index contributed by atoms with van der Waals surface area (Å²) in [7, 11) is 0. The summed E-state index contributed by atoms with van der Waals surface area (Å²) in [5.41, 5.74) is 2.11. The molecular weight excluding hydrogens is 257 g/mol. The van der Waals surface area contributed by atoms with Gasteiger partial charge in [-0.3, -0.25) is 0 Å². The van der Waals surface area contributed by atoms with Gasteiger partial charge in [0.05, 0.1) is 0 Å². The highest BCUT2D eigenvalue weighted by atomic mass is 35.5. The first-order valence-electron chi connectivity index (χ1n) is 5.84. The number of halogens is 2. The van der Waals surface area contributed by atoms with E-state index in [1.807, 2.05) is 6.07 Å². The maximum absolute atomic E-state index is 6.04. The number of piperidine rings is 1. The van der Waals surface area contributed by atoms with Crippen molar-refractivity contribution in [1.82, 2.24) is 5.32 Å². The number of rotatable bonds is 1. The fraction of sp³-hybridized carbons (Fsp3) is 0.385. The van der Waals surface area contributed by atoms with E-state index in [0.717, 1.165) is 24.1 Å². The molecule has 1 aliphatic heterocycles. The molecule has 1 fully saturated rings. The Balaban J connectivity index is 2.01. The Morgan fingerprint density at radius 2 is 1.94 bits per heavy atom. The van der Waals surface area contributed by atoms with Crippen molar-refractivity contribution in [2.24, 2.45) is 0 Å². The first kappa shape index (κ1) is 11.4. The van der Waals surface area contributed by atoms with Crippen LogP contribution in [0.4, 0.5) is 0 Å². The van der Waals surface area contributed by atoms with Crippen molar-refractivity contribution in [2.45, 2.75) is 18.8 Å². The van der Waals surface area contributed by atoms with Crippen LogP contribution in [0.15, 0.2) is 22.6 Å². The van der Waals surface area contributed by atoms with E-state index in [4.69, 9.17) is 27.6 Å². The van der Waals surface area contributed by atoms with E-state index in [1.165, 1.54) is 18.4 Å². The molecule has 17 heavy (non-hydrogen) atoms. The Kier molecular flexibility index (Phi) is 3.03. The molecule has 0 bridgehead atoms. The zero-order chi connectivity index (χ0) is 11.8. The topological polar surface area (TPSA) is 25.2 Å². The number of nitrogens with one attached hydrogen (secondary N) is 1. The smallest absolute Gasteiger partial charge is 0.213 e. The Bertz CT molecular complexity index is 544. The first-order chi connectivity index (χ1) is 8.25. The lowest BCUT2D eigenvalue weighted by Crippen LogP contribution is -2.26. The molecule has 3 rings (SSSR count). The molecule has 0 atom stereocenters. The summed E-state index contributed by atoms with van der Waals surface area (Å²) >= 11 is 11.9. The lowest BCUT2D eigenvalue weighted by Gasteiger charge is -2.22. The third-order valence-electron chi connectivity index (χ3n) is 3.42. The second-order valence-electron chi connectivity index (χ2n) is 4.47. The van der Waals surface area contributed by atoms with Gasteiger partial charge in [-0.1, -0.05) is 17.7 Å². The summed E-state index contributed by atoms with van der Waals surface area (Å²) in [6.45, 7) is 2.17. The number of fused-ring (bicyclic) bond motifs is 1. The molecule has 2 heterocycles. The molecule has 0 spiro atoms. The van der Waals surface area contributed by atoms with Crippen LogP contribution < -0.4 is 5.32 Å². The minimum atomic E-state index is 0.282. The first-order valence-corrected chi connectivity index (χ1v) is 6.59. The minimum Gasteiger partial charge on any atom is -0.443 e. The van der Waals surface area contributed by atoms with Crippen molar-refractivity contribution in [1.29, 1.82) is 0 Å². The zero-order valence-corrected chi connectivity index (χ0v) is 10.8. The van der Waals surface area contributed by atoms with Gasteiger partial charge in [-0.05, 0) is 61.1 Å². The molecule has 1 aromatic heterocycles. The van der Waals surface area contributed by atoms with Gasteiger partial charge in [-0.15, -0.1) is 0 Å². The van der Waals surface area contributed by atoms with Crippen molar-refractivity contribution in [3.05, 3.63) is 34.0 Å². The molecule has 1 saturated heterocycles. The largest absolute Gasteiger partial charge is 0.443 e. The molecule has 0 amide bonds. The third-order valence-corrected chi connectivity index (χ3v) is 4.16. The second kappa shape index (κ2) is 4.52. The average molecular weight is 270 g/mol. The molecule has 0 saturated carbocycles. The van der Waals surface area contributed by atoms with Gasteiger partial charge in [0.25, 0.3) is 0 Å². The van der Waals surface area contributed by atoms with Crippen LogP contribution >= 0.6 is 23.2 Å². The van der Waals surface area contributed by atoms with E-state index in [0.29, 0.717) is 10.9 Å². The Morgan fingerprint density at radius 3 is 2.71 bits per heavy atom. The van der Waals surface area contributed by atoms with E-state index in [-0.39, 0.29) is 5.22 Å². The van der Waals surface area contributed by atoms with Gasteiger partial charge in [-0.25, -0.2) is 0 Å². The molecule has 2 aromatic rings. The quantitative estimate of drug-likeness (QED) is 0.839. The number of furan rings is 1. The molecule has 0 unspecified atom stereocenters. The van der Waals surface area contributed by atoms with E-state index in [1.54, 1.807) is 0 Å². The predicted octanol–water partition coefficient (Wildman–Crippen LogP) is 4.21. The van der Waals surface area contributed by atoms with Crippen LogP contribution in [0.2, 0.25) is 10.2 Å². The maximum atomic E-state index is 6.04. The monoisotopic (exact) mass is 269 g/mol. The summed E-state index contributed by atoms with van der Waals surface area (Å²) < 4.78 is 5.45. The lowest BCUT2D eigenvalue weighted by atomic mass is 9.90. The lowest BCUT2D eigenvalue weighted by molar-refractivity contribution is 0.460. The summed E-state index contributed by atoms with van der Waals surface area (Å²) in [6.07, 6.45) is 2.35. The van der Waals surface area contributed by atoms with Crippen molar-refractivity contribution >= 4 is 34.2 Å². The second-order valence-corrected chi connectivity index (χ2v) is 5.19. The van der Waals surface area contributed by atoms with Crippen LogP contribution in [0.25, 0.3) is 11.0 Å². The molecule has 1 N–H and O–H groups in total. The van der Waals surface area contributed by atoms with Gasteiger partial charge in [0.15, 0.2) is 0 Å². The van der Waals surface area contributed by atoms with Gasteiger partial charge < -0.3 is 9.73 Å². The number of hydrogen-bond acceptors (Lipinski definition) is 2. The number of hydrogen-bond donors (Lipinski definition) is 1. The molecule has 0 radical (unpaired) electrons. The highest BCUT2D eigenvalue weighted by molar-refractivity contribution is 6.44. The van der Waals surface area contributed by atoms with Gasteiger partial charge >= 0.3 is 0 Å². The standard InChI is InChI=1S/C13H13Cl2NO/c14-12-10-2-1-9(7-11(10)17-13(12)15)8-3-5-16-6-4-8/h1-2,7-8,16H,3-6H2. The summed E-state index contributed by atoms with van der Waals surface area (Å²) in [6, 6.07) is 6.21. The van der Waals surface area contributed by atoms with E-state index in [2.05, 4.69) is 17.4 Å². The normalized spacial score (nSPS) is 17.8. The Morgan fingerprint density at radius 1 is 1.18 bits per heavy atom. The van der Waals surface area contributed by atoms with Crippen LogP contribution in [-0.4, -0.2) is 13.1 Å². The number of benzene rings is 1.